The van der Waals surface area contributed by atoms with Crippen LogP contribution in [-0.4, -0.2) is 20.0 Å². The number of Topliss-reactive ketones (excluding diaryl/α,β-unsaturated/α-hetero) is 1. The minimum atomic E-state index is 0.275. The Balaban J connectivity index is 2.05. The van der Waals surface area contributed by atoms with Crippen molar-refractivity contribution in [3.05, 3.63) is 23.8 Å². The Labute approximate surface area is 114 Å². The van der Waals surface area contributed by atoms with Crippen molar-refractivity contribution in [1.29, 1.82) is 0 Å². The standard InChI is InChI=1S/C16H22O3/c1-11(17)14-5-4-12(7-14)6-13-8-15(18-2)10-16(9-13)19-3/h8-10,12,14H,4-7H2,1-3H3/t12-,14+/m0/s1. The summed E-state index contributed by atoms with van der Waals surface area (Å²) in [6, 6.07) is 6.00. The van der Waals surface area contributed by atoms with E-state index < -0.39 is 0 Å². The molecule has 0 saturated heterocycles. The fourth-order valence-corrected chi connectivity index (χ4v) is 2.95. The molecule has 2 rings (SSSR count). The van der Waals surface area contributed by atoms with Crippen LogP contribution in [0, 0.1) is 11.8 Å². The summed E-state index contributed by atoms with van der Waals surface area (Å²) in [6.07, 6.45) is 4.21. The first kappa shape index (κ1) is 13.9. The lowest BCUT2D eigenvalue weighted by Gasteiger charge is -2.12. The van der Waals surface area contributed by atoms with Crippen molar-refractivity contribution < 1.29 is 14.3 Å². The van der Waals surface area contributed by atoms with Crippen molar-refractivity contribution in [3.8, 4) is 11.5 Å². The zero-order valence-electron chi connectivity index (χ0n) is 11.9. The molecule has 1 aromatic carbocycles. The van der Waals surface area contributed by atoms with E-state index in [1.807, 2.05) is 6.07 Å². The van der Waals surface area contributed by atoms with E-state index in [0.29, 0.717) is 11.7 Å². The Kier molecular flexibility index (Phi) is 4.46. The van der Waals surface area contributed by atoms with Crippen molar-refractivity contribution >= 4 is 5.78 Å². The van der Waals surface area contributed by atoms with Crippen molar-refractivity contribution in [1.82, 2.24) is 0 Å². The van der Waals surface area contributed by atoms with Gasteiger partial charge in [-0.05, 0) is 56.2 Å². The van der Waals surface area contributed by atoms with E-state index in [1.165, 1.54) is 5.56 Å². The summed E-state index contributed by atoms with van der Waals surface area (Å²) in [5.74, 6) is 2.87. The van der Waals surface area contributed by atoms with Gasteiger partial charge in [-0.2, -0.15) is 0 Å². The zero-order valence-corrected chi connectivity index (χ0v) is 11.9. The fourth-order valence-electron chi connectivity index (χ4n) is 2.95. The first-order chi connectivity index (χ1) is 9.12. The number of ether oxygens (including phenoxy) is 2. The molecule has 0 aliphatic heterocycles. The quantitative estimate of drug-likeness (QED) is 0.817. The second-order valence-electron chi connectivity index (χ2n) is 5.41. The Morgan fingerprint density at radius 3 is 2.26 bits per heavy atom. The van der Waals surface area contributed by atoms with Crippen LogP contribution in [0.25, 0.3) is 0 Å². The number of carbonyl (C=O) groups excluding carboxylic acids is 1. The molecule has 0 N–H and O–H groups in total. The molecule has 1 aliphatic carbocycles. The highest BCUT2D eigenvalue weighted by Crippen LogP contribution is 2.35. The molecule has 0 aromatic heterocycles. The summed E-state index contributed by atoms with van der Waals surface area (Å²) in [4.78, 5) is 11.4. The first-order valence-corrected chi connectivity index (χ1v) is 6.84. The SMILES string of the molecule is COc1cc(C[C@@H]2CC[C@@H](C(C)=O)C2)cc(OC)c1. The topological polar surface area (TPSA) is 35.5 Å². The highest BCUT2D eigenvalue weighted by atomic mass is 16.5. The predicted molar refractivity (Wildman–Crippen MR) is 74.8 cm³/mol. The van der Waals surface area contributed by atoms with Gasteiger partial charge in [-0.1, -0.05) is 0 Å². The van der Waals surface area contributed by atoms with Crippen LogP contribution in [0.3, 0.4) is 0 Å². The molecule has 1 fully saturated rings. The van der Waals surface area contributed by atoms with E-state index >= 15 is 0 Å². The molecule has 3 heteroatoms. The molecule has 1 aliphatic rings. The molecular weight excluding hydrogens is 240 g/mol. The van der Waals surface area contributed by atoms with Gasteiger partial charge in [0.15, 0.2) is 0 Å². The summed E-state index contributed by atoms with van der Waals surface area (Å²) >= 11 is 0. The van der Waals surface area contributed by atoms with Gasteiger partial charge >= 0.3 is 0 Å². The van der Waals surface area contributed by atoms with E-state index in [0.717, 1.165) is 37.2 Å². The van der Waals surface area contributed by atoms with Crippen LogP contribution in [0.2, 0.25) is 0 Å². The molecule has 0 radical (unpaired) electrons. The molecule has 3 nitrogen and oxygen atoms in total. The zero-order chi connectivity index (χ0) is 13.8. The van der Waals surface area contributed by atoms with Crippen LogP contribution < -0.4 is 9.47 Å². The number of carbonyl (C=O) groups is 1. The van der Waals surface area contributed by atoms with Gasteiger partial charge in [0.1, 0.15) is 17.3 Å². The number of rotatable bonds is 5. The third-order valence-corrected chi connectivity index (χ3v) is 4.05. The summed E-state index contributed by atoms with van der Waals surface area (Å²) in [7, 11) is 3.33. The van der Waals surface area contributed by atoms with E-state index in [4.69, 9.17) is 9.47 Å². The molecule has 19 heavy (non-hydrogen) atoms. The van der Waals surface area contributed by atoms with Crippen LogP contribution in [0.5, 0.6) is 11.5 Å². The van der Waals surface area contributed by atoms with Crippen molar-refractivity contribution in [2.75, 3.05) is 14.2 Å². The van der Waals surface area contributed by atoms with Crippen LogP contribution in [0.1, 0.15) is 31.7 Å². The number of methoxy groups -OCH3 is 2. The Morgan fingerprint density at radius 2 is 1.79 bits per heavy atom. The number of ketones is 1. The molecule has 104 valence electrons. The highest BCUT2D eigenvalue weighted by molar-refractivity contribution is 5.78. The van der Waals surface area contributed by atoms with Crippen molar-refractivity contribution in [2.45, 2.75) is 32.6 Å². The van der Waals surface area contributed by atoms with Crippen LogP contribution >= 0.6 is 0 Å². The molecule has 0 spiro atoms. The largest absolute Gasteiger partial charge is 0.497 e. The average Bonchev–Trinajstić information content (AvgIpc) is 2.87. The lowest BCUT2D eigenvalue weighted by molar-refractivity contribution is -0.120. The van der Waals surface area contributed by atoms with Gasteiger partial charge in [-0.3, -0.25) is 4.79 Å². The molecule has 2 atom stereocenters. The lowest BCUT2D eigenvalue weighted by atomic mass is 9.95. The Morgan fingerprint density at radius 1 is 1.16 bits per heavy atom. The number of benzene rings is 1. The fraction of sp³-hybridized carbons (Fsp3) is 0.562. The third-order valence-electron chi connectivity index (χ3n) is 4.05. The smallest absolute Gasteiger partial charge is 0.132 e. The number of hydrogen-bond acceptors (Lipinski definition) is 3. The minimum Gasteiger partial charge on any atom is -0.497 e. The van der Waals surface area contributed by atoms with E-state index in [1.54, 1.807) is 21.1 Å². The summed E-state index contributed by atoms with van der Waals surface area (Å²) < 4.78 is 10.6. The molecule has 1 aromatic rings. The molecule has 0 amide bonds. The van der Waals surface area contributed by atoms with Crippen molar-refractivity contribution in [3.63, 3.8) is 0 Å². The highest BCUT2D eigenvalue weighted by Gasteiger charge is 2.27. The maximum atomic E-state index is 11.4. The molecule has 1 saturated carbocycles. The first-order valence-electron chi connectivity index (χ1n) is 6.84. The van der Waals surface area contributed by atoms with Gasteiger partial charge in [0.25, 0.3) is 0 Å². The monoisotopic (exact) mass is 262 g/mol. The molecule has 0 heterocycles. The van der Waals surface area contributed by atoms with Crippen molar-refractivity contribution in [2.24, 2.45) is 11.8 Å². The van der Waals surface area contributed by atoms with E-state index in [9.17, 15) is 4.79 Å². The maximum absolute atomic E-state index is 11.4. The second-order valence-corrected chi connectivity index (χ2v) is 5.41. The van der Waals surface area contributed by atoms with Gasteiger partial charge < -0.3 is 9.47 Å². The lowest BCUT2D eigenvalue weighted by Crippen LogP contribution is -2.07. The maximum Gasteiger partial charge on any atom is 0.132 e. The average molecular weight is 262 g/mol. The van der Waals surface area contributed by atoms with Gasteiger partial charge in [0.05, 0.1) is 14.2 Å². The second kappa shape index (κ2) is 6.09. The summed E-state index contributed by atoms with van der Waals surface area (Å²) in [5, 5.41) is 0. The van der Waals surface area contributed by atoms with E-state index in [-0.39, 0.29) is 5.92 Å². The van der Waals surface area contributed by atoms with Gasteiger partial charge in [-0.15, -0.1) is 0 Å². The Hall–Kier alpha value is -1.51. The van der Waals surface area contributed by atoms with Gasteiger partial charge in [0, 0.05) is 12.0 Å². The molecular formula is C16H22O3. The minimum absolute atomic E-state index is 0.275. The summed E-state index contributed by atoms with van der Waals surface area (Å²) in [5.41, 5.74) is 1.23. The van der Waals surface area contributed by atoms with Gasteiger partial charge in [0.2, 0.25) is 0 Å². The van der Waals surface area contributed by atoms with Gasteiger partial charge in [-0.25, -0.2) is 0 Å². The molecule has 0 unspecified atom stereocenters. The van der Waals surface area contributed by atoms with Crippen LogP contribution in [-0.2, 0) is 11.2 Å². The number of hydrogen-bond donors (Lipinski definition) is 0. The molecule has 0 bridgehead atoms. The predicted octanol–water partition coefficient (Wildman–Crippen LogP) is 3.25. The van der Waals surface area contributed by atoms with E-state index in [2.05, 4.69) is 12.1 Å². The van der Waals surface area contributed by atoms with Crippen LogP contribution in [0.15, 0.2) is 18.2 Å². The third kappa shape index (κ3) is 3.49. The normalized spacial score (nSPS) is 22.3. The van der Waals surface area contributed by atoms with Crippen LogP contribution in [0.4, 0.5) is 0 Å². The Bertz CT molecular complexity index is 431. The summed E-state index contributed by atoms with van der Waals surface area (Å²) in [6.45, 7) is 1.71.